The first-order valence-electron chi connectivity index (χ1n) is 10.6. The largest absolute Gasteiger partial charge is 0.492 e. The Morgan fingerprint density at radius 1 is 1.12 bits per heavy atom. The number of carbonyl (C=O) groups is 1. The Bertz CT molecular complexity index is 1080. The number of rotatable bonds is 7. The summed E-state index contributed by atoms with van der Waals surface area (Å²) in [4.78, 5) is 16.8. The van der Waals surface area contributed by atoms with Crippen molar-refractivity contribution in [3.63, 3.8) is 0 Å². The van der Waals surface area contributed by atoms with Gasteiger partial charge in [0.25, 0.3) is 0 Å². The van der Waals surface area contributed by atoms with Crippen LogP contribution in [0.2, 0.25) is 5.02 Å². The Hall–Kier alpha value is -2.29. The summed E-state index contributed by atoms with van der Waals surface area (Å²) in [5.74, 6) is -0.00462. The number of likely N-dealkylation sites (N-methyl/N-ethyl adjacent to an activating group) is 1. The van der Waals surface area contributed by atoms with Gasteiger partial charge in [0.1, 0.15) is 10.6 Å². The van der Waals surface area contributed by atoms with Gasteiger partial charge in [0.05, 0.1) is 13.2 Å². The molecule has 0 spiro atoms. The highest BCUT2D eigenvalue weighted by atomic mass is 35.5. The lowest BCUT2D eigenvalue weighted by atomic mass is 10.1. The molecule has 174 valence electrons. The molecule has 7 nitrogen and oxygen atoms in total. The van der Waals surface area contributed by atoms with E-state index in [1.807, 2.05) is 6.07 Å². The number of sulfonamides is 1. The number of piperazine rings is 1. The zero-order chi connectivity index (χ0) is 23.5. The molecule has 2 aromatic rings. The van der Waals surface area contributed by atoms with E-state index >= 15 is 0 Å². The number of amides is 1. The van der Waals surface area contributed by atoms with Crippen LogP contribution in [0.15, 0.2) is 41.3 Å². The molecule has 2 aromatic carbocycles. The van der Waals surface area contributed by atoms with Crippen LogP contribution in [0, 0.1) is 13.8 Å². The van der Waals surface area contributed by atoms with Gasteiger partial charge in [0.2, 0.25) is 15.9 Å². The number of aryl methyl sites for hydroxylation is 1. The van der Waals surface area contributed by atoms with Crippen molar-refractivity contribution < 1.29 is 17.9 Å². The van der Waals surface area contributed by atoms with Gasteiger partial charge in [-0.1, -0.05) is 23.7 Å². The fourth-order valence-electron chi connectivity index (χ4n) is 3.78. The van der Waals surface area contributed by atoms with E-state index in [1.54, 1.807) is 17.9 Å². The van der Waals surface area contributed by atoms with Crippen molar-refractivity contribution in [3.05, 3.63) is 52.5 Å². The van der Waals surface area contributed by atoms with E-state index < -0.39 is 10.0 Å². The van der Waals surface area contributed by atoms with Crippen molar-refractivity contribution in [1.29, 1.82) is 0 Å². The minimum absolute atomic E-state index is 0.0399. The topological polar surface area (TPSA) is 70.2 Å². The zero-order valence-electron chi connectivity index (χ0n) is 19.0. The average molecular weight is 480 g/mol. The monoisotopic (exact) mass is 479 g/mol. The second-order valence-electron chi connectivity index (χ2n) is 7.87. The molecule has 3 rings (SSSR count). The minimum atomic E-state index is -3.95. The normalized spacial score (nSPS) is 14.7. The van der Waals surface area contributed by atoms with Crippen LogP contribution in [0.1, 0.15) is 18.1 Å². The summed E-state index contributed by atoms with van der Waals surface area (Å²) in [6.45, 7) is 8.53. The third kappa shape index (κ3) is 5.19. The molecule has 1 aliphatic rings. The van der Waals surface area contributed by atoms with Crippen LogP contribution in [0.5, 0.6) is 5.75 Å². The summed E-state index contributed by atoms with van der Waals surface area (Å²) in [5, 5.41) is 0.286. The zero-order valence-corrected chi connectivity index (χ0v) is 20.5. The molecule has 0 aromatic heterocycles. The molecule has 1 heterocycles. The summed E-state index contributed by atoms with van der Waals surface area (Å²) < 4.78 is 32.7. The molecule has 1 saturated heterocycles. The second-order valence-corrected chi connectivity index (χ2v) is 10.3. The molecule has 0 aliphatic carbocycles. The van der Waals surface area contributed by atoms with Crippen LogP contribution in [0.25, 0.3) is 0 Å². The van der Waals surface area contributed by atoms with Crippen LogP contribution < -0.4 is 9.64 Å². The standard InChI is InChI=1S/C23H30ClN3O4S/c1-5-31-21-10-9-19(24)15-22(21)32(29,30)25(4)16-23(28)27-13-11-26(12-14-27)20-8-6-7-17(2)18(20)3/h6-10,15H,5,11-14,16H2,1-4H3. The SMILES string of the molecule is CCOc1ccc(Cl)cc1S(=O)(=O)N(C)CC(=O)N1CCN(c2cccc(C)c2C)CC1. The van der Waals surface area contributed by atoms with Gasteiger partial charge >= 0.3 is 0 Å². The molecule has 1 aliphatic heterocycles. The van der Waals surface area contributed by atoms with Crippen molar-refractivity contribution in [3.8, 4) is 5.75 Å². The quantitative estimate of drug-likeness (QED) is 0.609. The molecule has 1 fully saturated rings. The van der Waals surface area contributed by atoms with Gasteiger partial charge in [-0.05, 0) is 56.2 Å². The van der Waals surface area contributed by atoms with Gasteiger partial charge in [-0.2, -0.15) is 4.31 Å². The molecule has 0 unspecified atom stereocenters. The highest BCUT2D eigenvalue weighted by Crippen LogP contribution is 2.29. The highest BCUT2D eigenvalue weighted by Gasteiger charge is 2.30. The first-order chi connectivity index (χ1) is 15.1. The van der Waals surface area contributed by atoms with Crippen molar-refractivity contribution in [1.82, 2.24) is 9.21 Å². The maximum atomic E-state index is 13.1. The van der Waals surface area contributed by atoms with Crippen molar-refractivity contribution in [2.75, 3.05) is 51.3 Å². The molecule has 0 atom stereocenters. The molecular formula is C23H30ClN3O4S. The predicted molar refractivity (Wildman–Crippen MR) is 127 cm³/mol. The molecule has 0 radical (unpaired) electrons. The Labute approximate surface area is 195 Å². The molecule has 0 N–H and O–H groups in total. The van der Waals surface area contributed by atoms with E-state index in [-0.39, 0.29) is 28.1 Å². The van der Waals surface area contributed by atoms with Crippen molar-refractivity contribution in [2.24, 2.45) is 0 Å². The van der Waals surface area contributed by atoms with Gasteiger partial charge in [-0.3, -0.25) is 4.79 Å². The van der Waals surface area contributed by atoms with Gasteiger partial charge < -0.3 is 14.5 Å². The Kier molecular flexibility index (Phi) is 7.69. The summed E-state index contributed by atoms with van der Waals surface area (Å²) in [5.41, 5.74) is 3.66. The third-order valence-corrected chi connectivity index (χ3v) is 7.86. The van der Waals surface area contributed by atoms with Crippen molar-refractivity contribution >= 4 is 33.2 Å². The van der Waals surface area contributed by atoms with Gasteiger partial charge in [-0.15, -0.1) is 0 Å². The van der Waals surface area contributed by atoms with E-state index in [4.69, 9.17) is 16.3 Å². The summed E-state index contributed by atoms with van der Waals surface area (Å²) in [6, 6.07) is 10.7. The lowest BCUT2D eigenvalue weighted by molar-refractivity contribution is -0.131. The van der Waals surface area contributed by atoms with E-state index in [2.05, 4.69) is 30.9 Å². The smallest absolute Gasteiger partial charge is 0.247 e. The Morgan fingerprint density at radius 3 is 2.47 bits per heavy atom. The molecule has 0 saturated carbocycles. The molecule has 1 amide bonds. The Balaban J connectivity index is 1.66. The van der Waals surface area contributed by atoms with Crippen LogP contribution in [-0.2, 0) is 14.8 Å². The number of benzene rings is 2. The predicted octanol–water partition coefficient (Wildman–Crippen LogP) is 3.32. The molecule has 32 heavy (non-hydrogen) atoms. The first kappa shape index (κ1) is 24.4. The summed E-state index contributed by atoms with van der Waals surface area (Å²) >= 11 is 6.02. The number of hydrogen-bond donors (Lipinski definition) is 0. The molecule has 0 bridgehead atoms. The maximum absolute atomic E-state index is 13.1. The number of halogens is 1. The fourth-order valence-corrected chi connectivity index (χ4v) is 5.29. The highest BCUT2D eigenvalue weighted by molar-refractivity contribution is 7.89. The third-order valence-electron chi connectivity index (χ3n) is 5.80. The number of nitrogens with zero attached hydrogens (tertiary/aromatic N) is 3. The number of carbonyl (C=O) groups excluding carboxylic acids is 1. The summed E-state index contributed by atoms with van der Waals surface area (Å²) in [6.07, 6.45) is 0. The van der Waals surface area contributed by atoms with Crippen LogP contribution in [-0.4, -0.2) is 69.9 Å². The van der Waals surface area contributed by atoms with Crippen LogP contribution in [0.3, 0.4) is 0 Å². The van der Waals surface area contributed by atoms with Crippen LogP contribution in [0.4, 0.5) is 5.69 Å². The van der Waals surface area contributed by atoms with Gasteiger partial charge in [0, 0.05) is 43.9 Å². The van der Waals surface area contributed by atoms with E-state index in [1.165, 1.54) is 36.0 Å². The number of anilines is 1. The average Bonchev–Trinajstić information content (AvgIpc) is 2.77. The minimum Gasteiger partial charge on any atom is -0.492 e. The first-order valence-corrected chi connectivity index (χ1v) is 12.4. The van der Waals surface area contributed by atoms with Gasteiger partial charge in [-0.25, -0.2) is 8.42 Å². The molecular weight excluding hydrogens is 450 g/mol. The van der Waals surface area contributed by atoms with E-state index in [9.17, 15) is 13.2 Å². The molecule has 9 heteroatoms. The maximum Gasteiger partial charge on any atom is 0.247 e. The van der Waals surface area contributed by atoms with Crippen LogP contribution >= 0.6 is 11.6 Å². The number of ether oxygens (including phenoxy) is 1. The second kappa shape index (κ2) is 10.1. The Morgan fingerprint density at radius 2 is 1.81 bits per heavy atom. The fraction of sp³-hybridized carbons (Fsp3) is 0.435. The lowest BCUT2D eigenvalue weighted by Gasteiger charge is -2.37. The van der Waals surface area contributed by atoms with Gasteiger partial charge in [0.15, 0.2) is 0 Å². The summed E-state index contributed by atoms with van der Waals surface area (Å²) in [7, 11) is -2.55. The van der Waals surface area contributed by atoms with E-state index in [0.29, 0.717) is 32.8 Å². The number of hydrogen-bond acceptors (Lipinski definition) is 5. The van der Waals surface area contributed by atoms with E-state index in [0.717, 1.165) is 4.31 Å². The van der Waals surface area contributed by atoms with Crippen molar-refractivity contribution in [2.45, 2.75) is 25.7 Å². The lowest BCUT2D eigenvalue weighted by Crippen LogP contribution is -2.51.